The van der Waals surface area contributed by atoms with Crippen LogP contribution in [0.4, 0.5) is 0 Å². The molecule has 0 spiro atoms. The first-order chi connectivity index (χ1) is 12.0. The van der Waals surface area contributed by atoms with Crippen molar-refractivity contribution in [2.75, 3.05) is 27.9 Å². The number of carbonyl (C=O) groups excluding carboxylic acids is 1. The molecule has 1 aromatic carbocycles. The third-order valence-electron chi connectivity index (χ3n) is 3.51. The highest BCUT2D eigenvalue weighted by Gasteiger charge is 2.26. The Kier molecular flexibility index (Phi) is 6.45. The summed E-state index contributed by atoms with van der Waals surface area (Å²) in [6.07, 6.45) is 0.703. The van der Waals surface area contributed by atoms with E-state index >= 15 is 0 Å². The van der Waals surface area contributed by atoms with E-state index in [2.05, 4.69) is 4.98 Å². The van der Waals surface area contributed by atoms with Crippen LogP contribution in [0, 0.1) is 0 Å². The zero-order valence-corrected chi connectivity index (χ0v) is 15.9. The van der Waals surface area contributed by atoms with Crippen LogP contribution >= 0.6 is 23.2 Å². The number of carbonyl (C=O) groups is 1. The molecule has 0 fully saturated rings. The van der Waals surface area contributed by atoms with Crippen LogP contribution in [0.2, 0.25) is 10.2 Å². The van der Waals surface area contributed by atoms with Crippen molar-refractivity contribution in [1.29, 1.82) is 0 Å². The molecule has 2 aromatic rings. The highest BCUT2D eigenvalue weighted by atomic mass is 35.5. The van der Waals surface area contributed by atoms with Crippen LogP contribution in [0.5, 0.6) is 17.2 Å². The fraction of sp³-hybridized carbons (Fsp3) is 0.353. The summed E-state index contributed by atoms with van der Waals surface area (Å²) in [4.78, 5) is 14.9. The zero-order chi connectivity index (χ0) is 18.6. The van der Waals surface area contributed by atoms with Gasteiger partial charge in [-0.05, 0) is 18.6 Å². The molecule has 0 amide bonds. The molecule has 0 bridgehead atoms. The standard InChI is InChI=1S/C17H19Cl2NO5/c1-5-8-25-17(21)13-12(18)11(16(19)20-13)9-6-7-10(22-2)15(24-4)14(9)23-3/h6-7,20H,5,8H2,1-4H3. The lowest BCUT2D eigenvalue weighted by molar-refractivity contribution is 0.0499. The molecule has 0 atom stereocenters. The Labute approximate surface area is 155 Å². The summed E-state index contributed by atoms with van der Waals surface area (Å²) in [5, 5.41) is 0.343. The number of H-pyrrole nitrogens is 1. The van der Waals surface area contributed by atoms with Crippen molar-refractivity contribution >= 4 is 29.2 Å². The van der Waals surface area contributed by atoms with Crippen molar-refractivity contribution in [1.82, 2.24) is 4.98 Å². The highest BCUT2D eigenvalue weighted by molar-refractivity contribution is 6.41. The number of methoxy groups -OCH3 is 3. The number of esters is 1. The van der Waals surface area contributed by atoms with Crippen LogP contribution in [0.1, 0.15) is 23.8 Å². The van der Waals surface area contributed by atoms with Crippen LogP contribution < -0.4 is 14.2 Å². The third kappa shape index (κ3) is 3.65. The summed E-state index contributed by atoms with van der Waals surface area (Å²) in [6, 6.07) is 3.42. The van der Waals surface area contributed by atoms with Crippen LogP contribution in [-0.4, -0.2) is 38.9 Å². The number of aromatic amines is 1. The van der Waals surface area contributed by atoms with Crippen molar-refractivity contribution in [2.45, 2.75) is 13.3 Å². The quantitative estimate of drug-likeness (QED) is 0.703. The fourth-order valence-electron chi connectivity index (χ4n) is 2.39. The topological polar surface area (TPSA) is 69.8 Å². The van der Waals surface area contributed by atoms with E-state index in [9.17, 15) is 4.79 Å². The molecule has 0 aliphatic carbocycles. The van der Waals surface area contributed by atoms with Gasteiger partial charge in [0.1, 0.15) is 10.8 Å². The molecule has 1 aromatic heterocycles. The summed E-state index contributed by atoms with van der Waals surface area (Å²) < 4.78 is 21.2. The number of ether oxygens (including phenoxy) is 4. The van der Waals surface area contributed by atoms with Gasteiger partial charge in [-0.1, -0.05) is 30.1 Å². The molecule has 0 unspecified atom stereocenters. The predicted octanol–water partition coefficient (Wildman–Crippen LogP) is 4.58. The third-order valence-corrected chi connectivity index (χ3v) is 4.17. The molecule has 0 aliphatic rings. The average molecular weight is 388 g/mol. The van der Waals surface area contributed by atoms with Crippen molar-refractivity contribution < 1.29 is 23.7 Å². The lowest BCUT2D eigenvalue weighted by atomic mass is 10.1. The number of nitrogens with one attached hydrogen (secondary N) is 1. The number of rotatable bonds is 7. The second-order valence-corrected chi connectivity index (χ2v) is 5.78. The van der Waals surface area contributed by atoms with Crippen LogP contribution in [0.3, 0.4) is 0 Å². The molecule has 1 heterocycles. The predicted molar refractivity (Wildman–Crippen MR) is 96.5 cm³/mol. The summed E-state index contributed by atoms with van der Waals surface area (Å²) in [5.74, 6) is 0.706. The van der Waals surface area contributed by atoms with E-state index in [0.717, 1.165) is 0 Å². The molecular weight excluding hydrogens is 369 g/mol. The van der Waals surface area contributed by atoms with E-state index in [0.29, 0.717) is 41.4 Å². The van der Waals surface area contributed by atoms with Gasteiger partial charge < -0.3 is 23.9 Å². The molecule has 6 nitrogen and oxygen atoms in total. The van der Waals surface area contributed by atoms with Crippen LogP contribution in [-0.2, 0) is 4.74 Å². The Bertz CT molecular complexity index is 773. The first kappa shape index (κ1) is 19.3. The van der Waals surface area contributed by atoms with Gasteiger partial charge in [-0.2, -0.15) is 0 Å². The van der Waals surface area contributed by atoms with Crippen LogP contribution in [0.15, 0.2) is 12.1 Å². The van der Waals surface area contributed by atoms with E-state index in [-0.39, 0.29) is 15.9 Å². The molecule has 0 radical (unpaired) electrons. The zero-order valence-electron chi connectivity index (χ0n) is 14.4. The monoisotopic (exact) mass is 387 g/mol. The van der Waals surface area contributed by atoms with Gasteiger partial charge in [0.2, 0.25) is 5.75 Å². The van der Waals surface area contributed by atoms with Crippen LogP contribution in [0.25, 0.3) is 11.1 Å². The van der Waals surface area contributed by atoms with E-state index < -0.39 is 5.97 Å². The highest BCUT2D eigenvalue weighted by Crippen LogP contribution is 2.48. The Balaban J connectivity index is 2.60. The normalized spacial score (nSPS) is 10.5. The number of aromatic nitrogens is 1. The molecule has 2 rings (SSSR count). The molecule has 8 heteroatoms. The van der Waals surface area contributed by atoms with Crippen molar-refractivity contribution in [2.24, 2.45) is 0 Å². The minimum absolute atomic E-state index is 0.0898. The van der Waals surface area contributed by atoms with Gasteiger partial charge in [-0.25, -0.2) is 4.79 Å². The van der Waals surface area contributed by atoms with Gasteiger partial charge in [0.05, 0.1) is 33.0 Å². The Morgan fingerprint density at radius 3 is 2.32 bits per heavy atom. The molecular formula is C17H19Cl2NO5. The molecule has 25 heavy (non-hydrogen) atoms. The number of hydrogen-bond acceptors (Lipinski definition) is 5. The Morgan fingerprint density at radius 2 is 1.76 bits per heavy atom. The van der Waals surface area contributed by atoms with Crippen molar-refractivity contribution in [3.05, 3.63) is 28.0 Å². The maximum atomic E-state index is 12.1. The van der Waals surface area contributed by atoms with E-state index in [1.165, 1.54) is 21.3 Å². The summed E-state index contributed by atoms with van der Waals surface area (Å²) >= 11 is 12.7. The second kappa shape index (κ2) is 8.36. The van der Waals surface area contributed by atoms with Crippen molar-refractivity contribution in [3.63, 3.8) is 0 Å². The van der Waals surface area contributed by atoms with E-state index in [4.69, 9.17) is 42.1 Å². The summed E-state index contributed by atoms with van der Waals surface area (Å²) in [5.41, 5.74) is 1.07. The summed E-state index contributed by atoms with van der Waals surface area (Å²) in [7, 11) is 4.51. The second-order valence-electron chi connectivity index (χ2n) is 5.02. The lowest BCUT2D eigenvalue weighted by Gasteiger charge is -2.15. The van der Waals surface area contributed by atoms with E-state index in [1.54, 1.807) is 12.1 Å². The molecule has 136 valence electrons. The molecule has 0 saturated carbocycles. The maximum Gasteiger partial charge on any atom is 0.356 e. The minimum Gasteiger partial charge on any atom is -0.493 e. The largest absolute Gasteiger partial charge is 0.493 e. The first-order valence-corrected chi connectivity index (χ1v) is 8.29. The number of hydrogen-bond donors (Lipinski definition) is 1. The van der Waals surface area contributed by atoms with Gasteiger partial charge in [0, 0.05) is 11.1 Å². The lowest BCUT2D eigenvalue weighted by Crippen LogP contribution is -2.06. The molecule has 0 saturated heterocycles. The van der Waals surface area contributed by atoms with Crippen molar-refractivity contribution in [3.8, 4) is 28.4 Å². The SMILES string of the molecule is CCCOC(=O)c1[nH]c(Cl)c(-c2ccc(OC)c(OC)c2OC)c1Cl. The smallest absolute Gasteiger partial charge is 0.356 e. The Hall–Kier alpha value is -2.05. The minimum atomic E-state index is -0.570. The van der Waals surface area contributed by atoms with Gasteiger partial charge in [0.15, 0.2) is 11.5 Å². The van der Waals surface area contributed by atoms with Gasteiger partial charge in [-0.15, -0.1) is 0 Å². The van der Waals surface area contributed by atoms with Gasteiger partial charge in [-0.3, -0.25) is 0 Å². The number of benzene rings is 1. The maximum absolute atomic E-state index is 12.1. The number of halogens is 2. The van der Waals surface area contributed by atoms with Gasteiger partial charge in [0.25, 0.3) is 0 Å². The fourth-order valence-corrected chi connectivity index (χ4v) is 3.05. The van der Waals surface area contributed by atoms with Gasteiger partial charge >= 0.3 is 5.97 Å². The Morgan fingerprint density at radius 1 is 1.08 bits per heavy atom. The molecule has 0 aliphatic heterocycles. The summed E-state index contributed by atoms with van der Waals surface area (Å²) in [6.45, 7) is 2.19. The molecule has 1 N–H and O–H groups in total. The first-order valence-electron chi connectivity index (χ1n) is 7.53. The van der Waals surface area contributed by atoms with E-state index in [1.807, 2.05) is 6.92 Å². The average Bonchev–Trinajstić information content (AvgIpc) is 2.92.